The number of aliphatic carboxylic acids is 1. The van der Waals surface area contributed by atoms with Gasteiger partial charge in [0.05, 0.1) is 0 Å². The van der Waals surface area contributed by atoms with E-state index in [-0.39, 0.29) is 61.9 Å². The van der Waals surface area contributed by atoms with Gasteiger partial charge in [0.1, 0.15) is 0 Å². The van der Waals surface area contributed by atoms with Crippen LogP contribution < -0.4 is 34.7 Å². The van der Waals surface area contributed by atoms with Crippen molar-refractivity contribution in [2.45, 2.75) is 110 Å². The van der Waals surface area contributed by atoms with Gasteiger partial charge in [-0.15, -0.1) is 0 Å². The van der Waals surface area contributed by atoms with Crippen molar-refractivity contribution in [3.63, 3.8) is 0 Å². The normalized spacial score (nSPS) is 9.86. The largest absolute Gasteiger partial charge is 2.00 e. The molecular formula is C18H37MgNaO2. The first-order valence-electron chi connectivity index (χ1n) is 8.97. The van der Waals surface area contributed by atoms with Gasteiger partial charge in [0.2, 0.25) is 0 Å². The average molecular weight is 333 g/mol. The quantitative estimate of drug-likeness (QED) is 0.320. The number of hydrogen-bond acceptors (Lipinski definition) is 2. The minimum absolute atomic E-state index is 0. The smallest absolute Gasteiger partial charge is 1.00 e. The second-order valence-electron chi connectivity index (χ2n) is 6.07. The summed E-state index contributed by atoms with van der Waals surface area (Å²) in [4.78, 5) is 10.2. The molecule has 0 unspecified atom stereocenters. The predicted molar refractivity (Wildman–Crippen MR) is 92.5 cm³/mol. The molecule has 0 rings (SSSR count). The van der Waals surface area contributed by atoms with E-state index in [1.807, 2.05) is 0 Å². The van der Waals surface area contributed by atoms with Gasteiger partial charge in [-0.2, -0.15) is 0 Å². The molecule has 0 aliphatic heterocycles. The van der Waals surface area contributed by atoms with Crippen LogP contribution in [0, 0.1) is 0 Å². The summed E-state index contributed by atoms with van der Waals surface area (Å²) in [7, 11) is 0. The fraction of sp³-hybridized carbons (Fsp3) is 0.944. The standard InChI is InChI=1S/C18H36O2.Mg.Na.2H/c1-2-3-4-5-6-7-8-9-10-11-12-13-14-15-16-17-18(19)20;;;;/h2-17H2,1H3,(H,19,20);;;;/q;+2;+1;2*-1/p-1. The number of hydrogen-bond donors (Lipinski definition) is 0. The Morgan fingerprint density at radius 2 is 0.955 bits per heavy atom. The molecule has 2 nitrogen and oxygen atoms in total. The zero-order valence-corrected chi connectivity index (χ0v) is 18.8. The van der Waals surface area contributed by atoms with Crippen molar-refractivity contribution in [1.82, 2.24) is 0 Å². The number of unbranched alkanes of at least 4 members (excludes halogenated alkanes) is 14. The number of rotatable bonds is 16. The van der Waals surface area contributed by atoms with Gasteiger partial charge < -0.3 is 12.8 Å². The van der Waals surface area contributed by atoms with Gasteiger partial charge >= 0.3 is 52.6 Å². The predicted octanol–water partition coefficient (Wildman–Crippen LogP) is 1.85. The van der Waals surface area contributed by atoms with E-state index in [4.69, 9.17) is 0 Å². The number of carbonyl (C=O) groups is 1. The third kappa shape index (κ3) is 26.1. The molecule has 0 atom stereocenters. The summed E-state index contributed by atoms with van der Waals surface area (Å²) in [5.74, 6) is -0.903. The van der Waals surface area contributed by atoms with Gasteiger partial charge in [-0.05, 0) is 12.8 Å². The Hall–Kier alpha value is 1.24. The van der Waals surface area contributed by atoms with Crippen molar-refractivity contribution < 1.29 is 42.3 Å². The SMILES string of the molecule is CCCCCCCCCCCCCCCCCC(=O)[O-].[H-].[H-].[Mg+2].[Na+]. The van der Waals surface area contributed by atoms with Gasteiger partial charge in [0, 0.05) is 5.97 Å². The van der Waals surface area contributed by atoms with Gasteiger partial charge in [-0.3, -0.25) is 0 Å². The minimum atomic E-state index is -0.903. The Morgan fingerprint density at radius 1 is 0.682 bits per heavy atom. The molecule has 0 N–H and O–H groups in total. The van der Waals surface area contributed by atoms with E-state index in [9.17, 15) is 9.90 Å². The van der Waals surface area contributed by atoms with Gasteiger partial charge in [0.25, 0.3) is 0 Å². The summed E-state index contributed by atoms with van der Waals surface area (Å²) in [6.45, 7) is 2.27. The third-order valence-corrected chi connectivity index (χ3v) is 3.98. The second kappa shape index (κ2) is 24.5. The van der Waals surface area contributed by atoms with Crippen LogP contribution in [0.15, 0.2) is 0 Å². The summed E-state index contributed by atoms with van der Waals surface area (Å²) < 4.78 is 0. The molecule has 0 saturated heterocycles. The topological polar surface area (TPSA) is 40.1 Å². The molecule has 0 fully saturated rings. The first-order chi connectivity index (χ1) is 9.77. The third-order valence-electron chi connectivity index (χ3n) is 3.98. The molecule has 0 spiro atoms. The van der Waals surface area contributed by atoms with Crippen LogP contribution in [0.25, 0.3) is 0 Å². The first kappa shape index (κ1) is 28.1. The van der Waals surface area contributed by atoms with Crippen LogP contribution in [0.5, 0.6) is 0 Å². The van der Waals surface area contributed by atoms with E-state index >= 15 is 0 Å². The average Bonchev–Trinajstić information content (AvgIpc) is 2.43. The number of carboxylic acids is 1. The maximum absolute atomic E-state index is 10.2. The molecule has 0 radical (unpaired) electrons. The van der Waals surface area contributed by atoms with Crippen LogP contribution in [0.1, 0.15) is 113 Å². The minimum Gasteiger partial charge on any atom is -1.00 e. The molecule has 0 amide bonds. The molecular weight excluding hydrogens is 295 g/mol. The maximum atomic E-state index is 10.2. The van der Waals surface area contributed by atoms with Crippen LogP contribution in [-0.4, -0.2) is 29.0 Å². The van der Waals surface area contributed by atoms with E-state index in [1.54, 1.807) is 0 Å². The zero-order chi connectivity index (χ0) is 14.9. The fourth-order valence-corrected chi connectivity index (χ4v) is 2.64. The molecule has 0 aliphatic carbocycles. The summed E-state index contributed by atoms with van der Waals surface area (Å²) in [6.07, 6.45) is 19.9. The Morgan fingerprint density at radius 3 is 1.23 bits per heavy atom. The first-order valence-corrected chi connectivity index (χ1v) is 8.97. The Bertz CT molecular complexity index is 223. The monoisotopic (exact) mass is 332 g/mol. The summed E-state index contributed by atoms with van der Waals surface area (Å²) >= 11 is 0. The van der Waals surface area contributed by atoms with Crippen molar-refractivity contribution in [1.29, 1.82) is 0 Å². The Balaban J connectivity index is -0.000000301. The van der Waals surface area contributed by atoms with Crippen molar-refractivity contribution >= 4 is 29.0 Å². The van der Waals surface area contributed by atoms with E-state index in [0.29, 0.717) is 0 Å². The van der Waals surface area contributed by atoms with Crippen LogP contribution in [0.4, 0.5) is 0 Å². The molecule has 0 heterocycles. The van der Waals surface area contributed by atoms with Crippen LogP contribution in [-0.2, 0) is 4.79 Å². The molecule has 22 heavy (non-hydrogen) atoms. The van der Waals surface area contributed by atoms with Crippen LogP contribution in [0.3, 0.4) is 0 Å². The van der Waals surface area contributed by atoms with Crippen LogP contribution in [0.2, 0.25) is 0 Å². The van der Waals surface area contributed by atoms with E-state index < -0.39 is 5.97 Å². The molecule has 0 aromatic heterocycles. The van der Waals surface area contributed by atoms with Crippen molar-refractivity contribution in [3.05, 3.63) is 0 Å². The Labute approximate surface area is 180 Å². The number of carboxylic acid groups (broad SMARTS) is 1. The zero-order valence-electron chi connectivity index (χ0n) is 17.3. The van der Waals surface area contributed by atoms with Gasteiger partial charge in [-0.25, -0.2) is 0 Å². The summed E-state index contributed by atoms with van der Waals surface area (Å²) in [6, 6.07) is 0. The fourth-order valence-electron chi connectivity index (χ4n) is 2.64. The number of carbonyl (C=O) groups excluding carboxylic acids is 1. The van der Waals surface area contributed by atoms with Crippen molar-refractivity contribution in [2.75, 3.05) is 0 Å². The Kier molecular flexibility index (Phi) is 31.2. The maximum Gasteiger partial charge on any atom is 2.00 e. The summed E-state index contributed by atoms with van der Waals surface area (Å²) in [5, 5.41) is 10.2. The molecule has 0 bridgehead atoms. The van der Waals surface area contributed by atoms with Gasteiger partial charge in [0.15, 0.2) is 0 Å². The van der Waals surface area contributed by atoms with Gasteiger partial charge in [-0.1, -0.05) is 96.8 Å². The molecule has 0 aliphatic rings. The summed E-state index contributed by atoms with van der Waals surface area (Å²) in [5.41, 5.74) is 0. The van der Waals surface area contributed by atoms with E-state index in [0.717, 1.165) is 12.8 Å². The molecule has 0 aromatic rings. The van der Waals surface area contributed by atoms with Crippen molar-refractivity contribution in [2.24, 2.45) is 0 Å². The van der Waals surface area contributed by atoms with Crippen LogP contribution >= 0.6 is 0 Å². The van der Waals surface area contributed by atoms with E-state index in [1.165, 1.54) is 83.5 Å². The van der Waals surface area contributed by atoms with Crippen molar-refractivity contribution in [3.8, 4) is 0 Å². The molecule has 0 saturated carbocycles. The molecule has 124 valence electrons. The van der Waals surface area contributed by atoms with E-state index in [2.05, 4.69) is 6.92 Å². The molecule has 4 heteroatoms. The second-order valence-corrected chi connectivity index (χ2v) is 6.07. The molecule has 0 aromatic carbocycles.